The Labute approximate surface area is 115 Å². The fourth-order valence-electron chi connectivity index (χ4n) is 1.48. The molecule has 0 aliphatic heterocycles. The summed E-state index contributed by atoms with van der Waals surface area (Å²) in [6, 6.07) is 1.89. The first kappa shape index (κ1) is 12.2. The van der Waals surface area contributed by atoms with E-state index < -0.39 is 0 Å². The van der Waals surface area contributed by atoms with Gasteiger partial charge in [-0.25, -0.2) is 5.10 Å². The second-order valence-electron chi connectivity index (χ2n) is 3.51. The van der Waals surface area contributed by atoms with E-state index in [1.807, 2.05) is 0 Å². The van der Waals surface area contributed by atoms with Crippen molar-refractivity contribution in [2.24, 2.45) is 0 Å². The number of anilines is 1. The van der Waals surface area contributed by atoms with Gasteiger partial charge in [-0.1, -0.05) is 0 Å². The maximum absolute atomic E-state index is 12.2. The van der Waals surface area contributed by atoms with Crippen molar-refractivity contribution in [3.63, 3.8) is 0 Å². The van der Waals surface area contributed by atoms with Gasteiger partial charge in [0.2, 0.25) is 5.95 Å². The minimum atomic E-state index is -0.343. The van der Waals surface area contributed by atoms with Crippen LogP contribution in [0.5, 0.6) is 6.01 Å². The number of rotatable bonds is 4. The molecule has 3 rings (SSSR count). The third-order valence-electron chi connectivity index (χ3n) is 2.33. The van der Waals surface area contributed by atoms with Gasteiger partial charge >= 0.3 is 6.01 Å². The SMILES string of the molecule is COc1n[nH]c(NC(=O)c2sccc2-n2cnnn2)n1. The first-order valence-electron chi connectivity index (χ1n) is 5.36. The average Bonchev–Trinajstić information content (AvgIpc) is 3.19. The molecule has 3 aromatic rings. The number of nitrogens with one attached hydrogen (secondary N) is 2. The van der Waals surface area contributed by atoms with Gasteiger partial charge in [0.25, 0.3) is 5.91 Å². The number of carbonyl (C=O) groups is 1. The van der Waals surface area contributed by atoms with Crippen LogP contribution in [0.25, 0.3) is 5.69 Å². The molecule has 102 valence electrons. The van der Waals surface area contributed by atoms with E-state index in [0.29, 0.717) is 10.6 Å². The lowest BCUT2D eigenvalue weighted by atomic mass is 10.4. The Kier molecular flexibility index (Phi) is 3.09. The third-order valence-corrected chi connectivity index (χ3v) is 3.23. The number of thiophene rings is 1. The van der Waals surface area contributed by atoms with Gasteiger partial charge in [-0.2, -0.15) is 9.67 Å². The maximum Gasteiger partial charge on any atom is 0.336 e. The Bertz CT molecular complexity index is 718. The summed E-state index contributed by atoms with van der Waals surface area (Å²) in [4.78, 5) is 16.5. The molecule has 20 heavy (non-hydrogen) atoms. The number of ether oxygens (including phenoxy) is 1. The molecule has 2 N–H and O–H groups in total. The van der Waals surface area contributed by atoms with Gasteiger partial charge < -0.3 is 4.74 Å². The average molecular weight is 292 g/mol. The number of hydrogen-bond acceptors (Lipinski definition) is 8. The number of nitrogens with zero attached hydrogens (tertiary/aromatic N) is 6. The van der Waals surface area contributed by atoms with Gasteiger partial charge in [0, 0.05) is 0 Å². The van der Waals surface area contributed by atoms with Crippen molar-refractivity contribution in [1.29, 1.82) is 0 Å². The predicted molar refractivity (Wildman–Crippen MR) is 67.9 cm³/mol. The van der Waals surface area contributed by atoms with E-state index >= 15 is 0 Å². The van der Waals surface area contributed by atoms with Crippen molar-refractivity contribution in [2.45, 2.75) is 0 Å². The number of tetrazole rings is 1. The predicted octanol–water partition coefficient (Wildman–Crippen LogP) is 0.103. The zero-order valence-electron chi connectivity index (χ0n) is 10.1. The molecule has 0 unspecified atom stereocenters. The topological polar surface area (TPSA) is 124 Å². The van der Waals surface area contributed by atoms with Crippen LogP contribution in [0.4, 0.5) is 5.95 Å². The normalized spacial score (nSPS) is 10.4. The van der Waals surface area contributed by atoms with Gasteiger partial charge in [0.05, 0.1) is 12.8 Å². The molecule has 3 heterocycles. The van der Waals surface area contributed by atoms with Gasteiger partial charge in [-0.15, -0.1) is 21.5 Å². The number of carbonyl (C=O) groups excluding carboxylic acids is 1. The smallest absolute Gasteiger partial charge is 0.336 e. The van der Waals surface area contributed by atoms with Crippen LogP contribution in [-0.4, -0.2) is 48.4 Å². The second-order valence-corrected chi connectivity index (χ2v) is 4.43. The molecule has 0 aliphatic carbocycles. The molecule has 0 fully saturated rings. The van der Waals surface area contributed by atoms with E-state index in [1.165, 1.54) is 29.5 Å². The van der Waals surface area contributed by atoms with Crippen molar-refractivity contribution in [1.82, 2.24) is 35.4 Å². The Morgan fingerprint density at radius 1 is 1.55 bits per heavy atom. The number of methoxy groups -OCH3 is 1. The van der Waals surface area contributed by atoms with Crippen molar-refractivity contribution < 1.29 is 9.53 Å². The van der Waals surface area contributed by atoms with Crippen molar-refractivity contribution >= 4 is 23.2 Å². The van der Waals surface area contributed by atoms with E-state index in [-0.39, 0.29) is 17.9 Å². The van der Waals surface area contributed by atoms with E-state index in [9.17, 15) is 4.79 Å². The standard InChI is InChI=1S/C9H8N8O2S/c1-19-9-12-8(13-14-9)11-7(18)6-5(2-3-20-6)17-4-10-15-16-17/h2-4H,1H3,(H2,11,12,13,14,18). The van der Waals surface area contributed by atoms with Gasteiger partial charge in [0.1, 0.15) is 11.2 Å². The molecular weight excluding hydrogens is 284 g/mol. The summed E-state index contributed by atoms with van der Waals surface area (Å²) in [5, 5.41) is 21.5. The summed E-state index contributed by atoms with van der Waals surface area (Å²) in [6.45, 7) is 0. The van der Waals surface area contributed by atoms with E-state index in [2.05, 4.69) is 36.0 Å². The zero-order chi connectivity index (χ0) is 13.9. The summed E-state index contributed by atoms with van der Waals surface area (Å²) in [5.41, 5.74) is 0.587. The van der Waals surface area contributed by atoms with Crippen LogP contribution in [0.15, 0.2) is 17.8 Å². The van der Waals surface area contributed by atoms with Crippen LogP contribution in [0.1, 0.15) is 9.67 Å². The summed E-state index contributed by atoms with van der Waals surface area (Å²) < 4.78 is 6.23. The van der Waals surface area contributed by atoms with Crippen molar-refractivity contribution in [3.05, 3.63) is 22.7 Å². The van der Waals surface area contributed by atoms with Gasteiger partial charge in [-0.3, -0.25) is 10.1 Å². The number of aromatic amines is 1. The highest BCUT2D eigenvalue weighted by atomic mass is 32.1. The lowest BCUT2D eigenvalue weighted by Crippen LogP contribution is -2.14. The first-order chi connectivity index (χ1) is 9.78. The molecule has 11 heteroatoms. The second kappa shape index (κ2) is 5.05. The summed E-state index contributed by atoms with van der Waals surface area (Å²) in [6.07, 6.45) is 1.41. The Hall–Kier alpha value is -2.82. The number of H-pyrrole nitrogens is 1. The highest BCUT2D eigenvalue weighted by Crippen LogP contribution is 2.21. The molecule has 0 aliphatic rings. The van der Waals surface area contributed by atoms with Gasteiger partial charge in [-0.05, 0) is 21.9 Å². The molecular formula is C9H8N8O2S. The Morgan fingerprint density at radius 2 is 2.45 bits per heavy atom. The van der Waals surface area contributed by atoms with E-state index in [0.717, 1.165) is 0 Å². The molecule has 1 amide bonds. The molecule has 0 saturated heterocycles. The van der Waals surface area contributed by atoms with Crippen LogP contribution in [0, 0.1) is 0 Å². The minimum absolute atomic E-state index is 0.146. The third kappa shape index (κ3) is 2.21. The Morgan fingerprint density at radius 3 is 3.15 bits per heavy atom. The molecule has 0 bridgehead atoms. The highest BCUT2D eigenvalue weighted by Gasteiger charge is 2.17. The van der Waals surface area contributed by atoms with Crippen molar-refractivity contribution in [2.75, 3.05) is 12.4 Å². The molecule has 0 aromatic carbocycles. The van der Waals surface area contributed by atoms with Crippen LogP contribution < -0.4 is 10.1 Å². The zero-order valence-corrected chi connectivity index (χ0v) is 11.0. The fourth-order valence-corrected chi connectivity index (χ4v) is 2.26. The van der Waals surface area contributed by atoms with Crippen molar-refractivity contribution in [3.8, 4) is 11.7 Å². The molecule has 0 atom stereocenters. The van der Waals surface area contributed by atoms with E-state index in [1.54, 1.807) is 11.4 Å². The largest absolute Gasteiger partial charge is 0.466 e. The lowest BCUT2D eigenvalue weighted by Gasteiger charge is -2.02. The molecule has 0 spiro atoms. The molecule has 10 nitrogen and oxygen atoms in total. The molecule has 0 saturated carbocycles. The van der Waals surface area contributed by atoms with Crippen LogP contribution in [0.2, 0.25) is 0 Å². The monoisotopic (exact) mass is 292 g/mol. The minimum Gasteiger partial charge on any atom is -0.466 e. The maximum atomic E-state index is 12.2. The van der Waals surface area contributed by atoms with Crippen LogP contribution in [-0.2, 0) is 0 Å². The molecule has 0 radical (unpaired) electrons. The van der Waals surface area contributed by atoms with Crippen LogP contribution >= 0.6 is 11.3 Å². The summed E-state index contributed by atoms with van der Waals surface area (Å²) in [5.74, 6) is -0.146. The number of aromatic nitrogens is 7. The number of amides is 1. The lowest BCUT2D eigenvalue weighted by molar-refractivity contribution is 0.102. The summed E-state index contributed by atoms with van der Waals surface area (Å²) in [7, 11) is 1.43. The first-order valence-corrected chi connectivity index (χ1v) is 6.24. The molecule has 3 aromatic heterocycles. The number of hydrogen-bond donors (Lipinski definition) is 2. The Balaban J connectivity index is 1.83. The fraction of sp³-hybridized carbons (Fsp3) is 0.111. The highest BCUT2D eigenvalue weighted by molar-refractivity contribution is 7.12. The summed E-state index contributed by atoms with van der Waals surface area (Å²) >= 11 is 1.27. The van der Waals surface area contributed by atoms with Crippen LogP contribution in [0.3, 0.4) is 0 Å². The van der Waals surface area contributed by atoms with E-state index in [4.69, 9.17) is 4.74 Å². The van der Waals surface area contributed by atoms with Gasteiger partial charge in [0.15, 0.2) is 0 Å². The quantitative estimate of drug-likeness (QED) is 0.699.